The van der Waals surface area contributed by atoms with Crippen molar-refractivity contribution in [1.82, 2.24) is 14.8 Å². The van der Waals surface area contributed by atoms with Gasteiger partial charge in [0.25, 0.3) is 0 Å². The van der Waals surface area contributed by atoms with Crippen molar-refractivity contribution in [2.45, 2.75) is 39.4 Å². The first-order chi connectivity index (χ1) is 25.3. The van der Waals surface area contributed by atoms with Crippen molar-refractivity contribution in [3.8, 4) is 23.0 Å². The van der Waals surface area contributed by atoms with Crippen molar-refractivity contribution < 1.29 is 38.0 Å². The molecule has 0 saturated carbocycles. The molecule has 1 heterocycles. The molecule has 4 aromatic carbocycles. The van der Waals surface area contributed by atoms with Gasteiger partial charge in [-0.2, -0.15) is 0 Å². The van der Waals surface area contributed by atoms with E-state index in [9.17, 15) is 9.59 Å². The average molecular weight is 706 g/mol. The van der Waals surface area contributed by atoms with Crippen LogP contribution in [0.5, 0.6) is 23.0 Å². The van der Waals surface area contributed by atoms with E-state index < -0.39 is 12.2 Å². The summed E-state index contributed by atoms with van der Waals surface area (Å²) in [6, 6.07) is 35.4. The summed E-state index contributed by atoms with van der Waals surface area (Å²) in [6.07, 6.45) is -1.04. The molecule has 0 N–H and O–H groups in total. The maximum Gasteiger partial charge on any atom is 0.410 e. The quantitative estimate of drug-likeness (QED) is 0.102. The zero-order valence-electron chi connectivity index (χ0n) is 29.8. The molecule has 0 radical (unpaired) electrons. The van der Waals surface area contributed by atoms with Gasteiger partial charge < -0.3 is 28.4 Å². The third-order valence-electron chi connectivity index (χ3n) is 8.10. The van der Waals surface area contributed by atoms with Crippen LogP contribution in [0.4, 0.5) is 9.59 Å². The molecular formula is C41H43N3O8. The van der Waals surface area contributed by atoms with Crippen LogP contribution in [0.3, 0.4) is 0 Å². The lowest BCUT2D eigenvalue weighted by Gasteiger charge is -2.23. The van der Waals surface area contributed by atoms with E-state index in [1.54, 1.807) is 56.4 Å². The molecule has 1 aromatic heterocycles. The van der Waals surface area contributed by atoms with Gasteiger partial charge in [-0.15, -0.1) is 0 Å². The minimum atomic E-state index is -0.519. The Morgan fingerprint density at radius 3 is 1.04 bits per heavy atom. The maximum atomic E-state index is 13.5. The molecule has 0 unspecified atom stereocenters. The van der Waals surface area contributed by atoms with E-state index in [-0.39, 0.29) is 13.2 Å². The van der Waals surface area contributed by atoms with Crippen LogP contribution in [0, 0.1) is 0 Å². The van der Waals surface area contributed by atoms with Crippen LogP contribution in [0.15, 0.2) is 115 Å². The zero-order chi connectivity index (χ0) is 36.7. The Bertz CT molecular complexity index is 1700. The van der Waals surface area contributed by atoms with Gasteiger partial charge >= 0.3 is 12.2 Å². The Morgan fingerprint density at radius 1 is 0.462 bits per heavy atom. The maximum absolute atomic E-state index is 13.5. The minimum Gasteiger partial charge on any atom is -0.497 e. The Hall–Kier alpha value is -6.23. The summed E-state index contributed by atoms with van der Waals surface area (Å²) in [6.45, 7) is 1.01. The van der Waals surface area contributed by atoms with Gasteiger partial charge in [-0.3, -0.25) is 14.8 Å². The van der Waals surface area contributed by atoms with Crippen molar-refractivity contribution >= 4 is 12.2 Å². The second-order valence-corrected chi connectivity index (χ2v) is 11.8. The summed E-state index contributed by atoms with van der Waals surface area (Å²) < 4.78 is 33.0. The number of carbonyl (C=O) groups is 2. The molecular weight excluding hydrogens is 662 g/mol. The highest BCUT2D eigenvalue weighted by atomic mass is 16.6. The van der Waals surface area contributed by atoms with Gasteiger partial charge in [0.1, 0.15) is 36.2 Å². The second-order valence-electron chi connectivity index (χ2n) is 11.8. The SMILES string of the molecule is COc1cccc(CN(Cc2cccc(OC)c2)C(=O)OCc2cccc(COC(=O)N(Cc3cccc(OC)c3)Cc3cccc(OC)c3)n2)c1. The summed E-state index contributed by atoms with van der Waals surface area (Å²) in [5, 5.41) is 0. The predicted molar refractivity (Wildman–Crippen MR) is 195 cm³/mol. The molecule has 0 aliphatic heterocycles. The monoisotopic (exact) mass is 705 g/mol. The molecule has 0 aliphatic carbocycles. The minimum absolute atomic E-state index is 0.0782. The van der Waals surface area contributed by atoms with Crippen LogP contribution >= 0.6 is 0 Å². The van der Waals surface area contributed by atoms with Crippen molar-refractivity contribution in [3.63, 3.8) is 0 Å². The largest absolute Gasteiger partial charge is 0.497 e. The van der Waals surface area contributed by atoms with Crippen molar-refractivity contribution in [2.24, 2.45) is 0 Å². The van der Waals surface area contributed by atoms with Crippen LogP contribution in [0.2, 0.25) is 0 Å². The third kappa shape index (κ3) is 10.9. The van der Waals surface area contributed by atoms with E-state index in [4.69, 9.17) is 28.4 Å². The molecule has 0 fully saturated rings. The lowest BCUT2D eigenvalue weighted by Crippen LogP contribution is -2.31. The van der Waals surface area contributed by atoms with E-state index >= 15 is 0 Å². The zero-order valence-corrected chi connectivity index (χ0v) is 29.8. The number of nitrogens with zero attached hydrogens (tertiary/aromatic N) is 3. The number of carbonyl (C=O) groups excluding carboxylic acids is 2. The van der Waals surface area contributed by atoms with Crippen molar-refractivity contribution in [1.29, 1.82) is 0 Å². The lowest BCUT2D eigenvalue weighted by atomic mass is 10.1. The molecule has 52 heavy (non-hydrogen) atoms. The number of pyridine rings is 1. The van der Waals surface area contributed by atoms with Crippen LogP contribution in [0.1, 0.15) is 33.6 Å². The fourth-order valence-corrected chi connectivity index (χ4v) is 5.48. The predicted octanol–water partition coefficient (Wildman–Crippen LogP) is 7.79. The Kier molecular flexibility index (Phi) is 13.3. The van der Waals surface area contributed by atoms with Gasteiger partial charge in [0.15, 0.2) is 0 Å². The first kappa shape index (κ1) is 37.0. The highest BCUT2D eigenvalue weighted by molar-refractivity contribution is 5.68. The average Bonchev–Trinajstić information content (AvgIpc) is 3.19. The number of rotatable bonds is 16. The molecule has 0 bridgehead atoms. The number of methoxy groups -OCH3 is 4. The first-order valence-corrected chi connectivity index (χ1v) is 16.7. The summed E-state index contributed by atoms with van der Waals surface area (Å²) >= 11 is 0. The van der Waals surface area contributed by atoms with Gasteiger partial charge in [-0.1, -0.05) is 54.6 Å². The van der Waals surface area contributed by atoms with Crippen molar-refractivity contribution in [3.05, 3.63) is 149 Å². The molecule has 270 valence electrons. The molecule has 5 aromatic rings. The Balaban J connectivity index is 1.24. The van der Waals surface area contributed by atoms with E-state index in [2.05, 4.69) is 4.98 Å². The first-order valence-electron chi connectivity index (χ1n) is 16.7. The molecule has 0 atom stereocenters. The van der Waals surface area contributed by atoms with Crippen LogP contribution in [-0.2, 0) is 48.9 Å². The van der Waals surface area contributed by atoms with Gasteiger partial charge in [0, 0.05) is 26.2 Å². The standard InChI is InChI=1S/C41H43N3O8/c1-47-36-16-5-10-30(20-36)24-43(25-31-11-6-17-37(21-31)48-2)40(45)51-28-34-14-9-15-35(42-34)29-52-41(46)44(26-32-12-7-18-38(22-32)49-3)27-33-13-8-19-39(23-33)50-4/h5-23H,24-29H2,1-4H3. The Labute approximate surface area is 304 Å². The lowest BCUT2D eigenvalue weighted by molar-refractivity contribution is 0.0878. The number of ether oxygens (including phenoxy) is 6. The number of hydrogen-bond acceptors (Lipinski definition) is 9. The van der Waals surface area contributed by atoms with Gasteiger partial charge in [-0.05, 0) is 82.9 Å². The van der Waals surface area contributed by atoms with Crippen LogP contribution in [-0.4, -0.2) is 55.4 Å². The number of amides is 2. The molecule has 0 aliphatic rings. The topological polar surface area (TPSA) is 109 Å². The molecule has 0 spiro atoms. The van der Waals surface area contributed by atoms with E-state index in [1.165, 1.54) is 0 Å². The number of aromatic nitrogens is 1. The van der Waals surface area contributed by atoms with Gasteiger partial charge in [-0.25, -0.2) is 9.59 Å². The number of benzene rings is 4. The Morgan fingerprint density at radius 2 is 0.750 bits per heavy atom. The molecule has 2 amide bonds. The smallest absolute Gasteiger partial charge is 0.410 e. The molecule has 0 saturated heterocycles. The van der Waals surface area contributed by atoms with Gasteiger partial charge in [0.2, 0.25) is 0 Å². The third-order valence-corrected chi connectivity index (χ3v) is 8.10. The molecule has 5 rings (SSSR count). The molecule has 11 heteroatoms. The summed E-state index contributed by atoms with van der Waals surface area (Å²) in [4.78, 5) is 34.8. The van der Waals surface area contributed by atoms with Crippen LogP contribution in [0.25, 0.3) is 0 Å². The normalized spacial score (nSPS) is 10.5. The summed E-state index contributed by atoms with van der Waals surface area (Å²) in [5.74, 6) is 2.77. The van der Waals surface area contributed by atoms with Gasteiger partial charge in [0.05, 0.1) is 39.8 Å². The number of hydrogen-bond donors (Lipinski definition) is 0. The fourth-order valence-electron chi connectivity index (χ4n) is 5.48. The highest BCUT2D eigenvalue weighted by Gasteiger charge is 2.20. The van der Waals surface area contributed by atoms with E-state index in [0.717, 1.165) is 22.3 Å². The van der Waals surface area contributed by atoms with Crippen molar-refractivity contribution in [2.75, 3.05) is 28.4 Å². The summed E-state index contributed by atoms with van der Waals surface area (Å²) in [5.41, 5.74) is 4.55. The van der Waals surface area contributed by atoms with E-state index in [1.807, 2.05) is 97.1 Å². The van der Waals surface area contributed by atoms with Crippen LogP contribution < -0.4 is 18.9 Å². The summed E-state index contributed by atoms with van der Waals surface area (Å²) in [7, 11) is 6.41. The van der Waals surface area contributed by atoms with E-state index in [0.29, 0.717) is 60.6 Å². The molecule has 11 nitrogen and oxygen atoms in total. The second kappa shape index (κ2) is 18.7. The highest BCUT2D eigenvalue weighted by Crippen LogP contribution is 2.21. The fraction of sp³-hybridized carbons (Fsp3) is 0.244.